The van der Waals surface area contributed by atoms with Crippen molar-refractivity contribution in [2.45, 2.75) is 33.6 Å². The summed E-state index contributed by atoms with van der Waals surface area (Å²) in [6, 6.07) is 8.94. The molecule has 0 heterocycles. The number of aryl methyl sites for hydroxylation is 4. The Morgan fingerprint density at radius 2 is 1.50 bits per heavy atom. The van der Waals surface area contributed by atoms with Gasteiger partial charge in [-0.2, -0.15) is 0 Å². The summed E-state index contributed by atoms with van der Waals surface area (Å²) >= 11 is 3.74. The average Bonchev–Trinajstić information content (AvgIpc) is 2.78. The Morgan fingerprint density at radius 3 is 2.15 bits per heavy atom. The molecule has 0 N–H and O–H groups in total. The second-order valence-electron chi connectivity index (χ2n) is 5.84. The van der Waals surface area contributed by atoms with Crippen LogP contribution < -0.4 is 0 Å². The molecule has 3 rings (SSSR count). The zero-order valence-corrected chi connectivity index (χ0v) is 14.0. The molecule has 2 aromatic rings. The van der Waals surface area contributed by atoms with Crippen molar-refractivity contribution in [2.24, 2.45) is 0 Å². The van der Waals surface area contributed by atoms with Gasteiger partial charge in [0.1, 0.15) is 0 Å². The van der Waals surface area contributed by atoms with Crippen LogP contribution >= 0.6 is 15.9 Å². The lowest BCUT2D eigenvalue weighted by Gasteiger charge is -2.20. The minimum absolute atomic E-state index is 0.375. The van der Waals surface area contributed by atoms with Crippen molar-refractivity contribution in [1.29, 1.82) is 0 Å². The van der Waals surface area contributed by atoms with Crippen LogP contribution in [0.3, 0.4) is 0 Å². The predicted octanol–water partition coefficient (Wildman–Crippen LogP) is 5.84. The lowest BCUT2D eigenvalue weighted by molar-refractivity contribution is 0.994. The standard InChI is InChI=1S/C19H19Br/c1-11-9-13(3)18(14(4)10-11)16-7-6-15-12(2)5-8-17(20)19(15)16/h5-10,16H,1-4H3. The van der Waals surface area contributed by atoms with E-state index in [1.165, 1.54) is 43.4 Å². The Kier molecular flexibility index (Phi) is 3.33. The maximum absolute atomic E-state index is 3.74. The monoisotopic (exact) mass is 326 g/mol. The van der Waals surface area contributed by atoms with Gasteiger partial charge in [-0.15, -0.1) is 0 Å². The SMILES string of the molecule is Cc1cc(C)c(C2C=Cc3c(C)ccc(Br)c32)c(C)c1. The summed E-state index contributed by atoms with van der Waals surface area (Å²) in [5.41, 5.74) is 9.72. The molecule has 0 nitrogen and oxygen atoms in total. The second kappa shape index (κ2) is 4.89. The normalized spacial score (nSPS) is 16.6. The fourth-order valence-electron chi connectivity index (χ4n) is 3.47. The first-order valence-corrected chi connectivity index (χ1v) is 7.83. The van der Waals surface area contributed by atoms with E-state index in [0.29, 0.717) is 5.92 Å². The fourth-order valence-corrected chi connectivity index (χ4v) is 4.06. The molecule has 102 valence electrons. The summed E-state index contributed by atoms with van der Waals surface area (Å²) < 4.78 is 1.22. The molecule has 0 bridgehead atoms. The molecule has 2 aromatic carbocycles. The molecule has 0 saturated heterocycles. The van der Waals surface area contributed by atoms with Crippen LogP contribution in [0.5, 0.6) is 0 Å². The predicted molar refractivity (Wildman–Crippen MR) is 90.4 cm³/mol. The summed E-state index contributed by atoms with van der Waals surface area (Å²) in [5.74, 6) is 0.375. The molecule has 1 unspecified atom stereocenters. The highest BCUT2D eigenvalue weighted by Crippen LogP contribution is 2.43. The molecule has 1 atom stereocenters. The van der Waals surface area contributed by atoms with Crippen LogP contribution in [0.1, 0.15) is 44.9 Å². The van der Waals surface area contributed by atoms with Crippen LogP contribution in [-0.2, 0) is 0 Å². The molecule has 0 fully saturated rings. The van der Waals surface area contributed by atoms with Crippen LogP contribution in [-0.4, -0.2) is 0 Å². The first-order valence-electron chi connectivity index (χ1n) is 7.04. The van der Waals surface area contributed by atoms with E-state index in [9.17, 15) is 0 Å². The van der Waals surface area contributed by atoms with E-state index in [0.717, 1.165) is 0 Å². The van der Waals surface area contributed by atoms with Crippen LogP contribution in [0.4, 0.5) is 0 Å². The van der Waals surface area contributed by atoms with Crippen LogP contribution in [0.25, 0.3) is 6.08 Å². The zero-order chi connectivity index (χ0) is 14.4. The Balaban J connectivity index is 2.23. The van der Waals surface area contributed by atoms with Crippen molar-refractivity contribution >= 4 is 22.0 Å². The number of fused-ring (bicyclic) bond motifs is 1. The van der Waals surface area contributed by atoms with Crippen molar-refractivity contribution < 1.29 is 0 Å². The quantitative estimate of drug-likeness (QED) is 0.617. The molecule has 1 aliphatic carbocycles. The Bertz CT molecular complexity index is 700. The largest absolute Gasteiger partial charge is 0.0719 e. The smallest absolute Gasteiger partial charge is 0.0295 e. The third-order valence-electron chi connectivity index (χ3n) is 4.27. The van der Waals surface area contributed by atoms with E-state index in [1.54, 1.807) is 0 Å². The van der Waals surface area contributed by atoms with E-state index < -0.39 is 0 Å². The van der Waals surface area contributed by atoms with E-state index in [2.05, 4.69) is 80.0 Å². The van der Waals surface area contributed by atoms with Gasteiger partial charge in [-0.1, -0.05) is 51.8 Å². The highest BCUT2D eigenvalue weighted by Gasteiger charge is 2.25. The Labute approximate surface area is 129 Å². The first kappa shape index (κ1) is 13.6. The molecule has 0 spiro atoms. The van der Waals surface area contributed by atoms with Crippen LogP contribution in [0.15, 0.2) is 34.8 Å². The topological polar surface area (TPSA) is 0 Å². The Morgan fingerprint density at radius 1 is 0.850 bits per heavy atom. The number of rotatable bonds is 1. The third kappa shape index (κ3) is 2.05. The number of allylic oxidation sites excluding steroid dienone is 1. The molecule has 0 aromatic heterocycles. The van der Waals surface area contributed by atoms with Crippen molar-refractivity contribution in [3.05, 3.63) is 73.8 Å². The summed E-state index contributed by atoms with van der Waals surface area (Å²) in [4.78, 5) is 0. The lowest BCUT2D eigenvalue weighted by Crippen LogP contribution is -2.03. The maximum atomic E-state index is 3.74. The summed E-state index contributed by atoms with van der Waals surface area (Å²) in [5, 5.41) is 0. The maximum Gasteiger partial charge on any atom is 0.0295 e. The lowest BCUT2D eigenvalue weighted by atomic mass is 9.85. The van der Waals surface area contributed by atoms with Gasteiger partial charge in [0.15, 0.2) is 0 Å². The van der Waals surface area contributed by atoms with E-state index >= 15 is 0 Å². The van der Waals surface area contributed by atoms with E-state index in [1.807, 2.05) is 0 Å². The Hall–Kier alpha value is -1.34. The van der Waals surface area contributed by atoms with Crippen LogP contribution in [0.2, 0.25) is 0 Å². The molecule has 0 radical (unpaired) electrons. The highest BCUT2D eigenvalue weighted by atomic mass is 79.9. The van der Waals surface area contributed by atoms with Gasteiger partial charge in [0.2, 0.25) is 0 Å². The van der Waals surface area contributed by atoms with E-state index in [4.69, 9.17) is 0 Å². The molecule has 1 heteroatoms. The van der Waals surface area contributed by atoms with Gasteiger partial charge in [-0.3, -0.25) is 0 Å². The minimum Gasteiger partial charge on any atom is -0.0719 e. The number of halogens is 1. The highest BCUT2D eigenvalue weighted by molar-refractivity contribution is 9.10. The molecular weight excluding hydrogens is 308 g/mol. The van der Waals surface area contributed by atoms with Crippen molar-refractivity contribution in [3.8, 4) is 0 Å². The summed E-state index contributed by atoms with van der Waals surface area (Å²) in [7, 11) is 0. The molecule has 0 amide bonds. The number of hydrogen-bond donors (Lipinski definition) is 0. The van der Waals surface area contributed by atoms with Gasteiger partial charge in [-0.05, 0) is 67.1 Å². The van der Waals surface area contributed by atoms with Gasteiger partial charge in [0, 0.05) is 10.4 Å². The second-order valence-corrected chi connectivity index (χ2v) is 6.70. The first-order chi connectivity index (χ1) is 9.49. The summed E-state index contributed by atoms with van der Waals surface area (Å²) in [6.07, 6.45) is 4.62. The van der Waals surface area contributed by atoms with Crippen molar-refractivity contribution in [2.75, 3.05) is 0 Å². The van der Waals surface area contributed by atoms with Gasteiger partial charge in [0.05, 0.1) is 0 Å². The average molecular weight is 327 g/mol. The minimum atomic E-state index is 0.375. The van der Waals surface area contributed by atoms with Gasteiger partial charge >= 0.3 is 0 Å². The molecule has 20 heavy (non-hydrogen) atoms. The van der Waals surface area contributed by atoms with Crippen molar-refractivity contribution in [3.63, 3.8) is 0 Å². The van der Waals surface area contributed by atoms with Gasteiger partial charge in [-0.25, -0.2) is 0 Å². The molecule has 1 aliphatic rings. The van der Waals surface area contributed by atoms with Gasteiger partial charge in [0.25, 0.3) is 0 Å². The molecule has 0 aliphatic heterocycles. The third-order valence-corrected chi connectivity index (χ3v) is 4.96. The van der Waals surface area contributed by atoms with E-state index in [-0.39, 0.29) is 0 Å². The number of benzene rings is 2. The summed E-state index contributed by atoms with van der Waals surface area (Å²) in [6.45, 7) is 8.81. The molecular formula is C19H19Br. The fraction of sp³-hybridized carbons (Fsp3) is 0.263. The number of hydrogen-bond acceptors (Lipinski definition) is 0. The van der Waals surface area contributed by atoms with Crippen molar-refractivity contribution in [1.82, 2.24) is 0 Å². The molecule has 0 saturated carbocycles. The zero-order valence-electron chi connectivity index (χ0n) is 12.4. The van der Waals surface area contributed by atoms with Gasteiger partial charge < -0.3 is 0 Å². The van der Waals surface area contributed by atoms with Crippen LogP contribution in [0, 0.1) is 27.7 Å².